The van der Waals surface area contributed by atoms with Crippen LogP contribution in [0.5, 0.6) is 0 Å². The van der Waals surface area contributed by atoms with Crippen molar-refractivity contribution in [2.24, 2.45) is 13.0 Å². The largest absolute Gasteiger partial charge is 0.481 e. The van der Waals surface area contributed by atoms with Gasteiger partial charge in [0.25, 0.3) is 0 Å². The molecule has 1 saturated heterocycles. The van der Waals surface area contributed by atoms with E-state index >= 15 is 0 Å². The van der Waals surface area contributed by atoms with Gasteiger partial charge in [0, 0.05) is 31.9 Å². The van der Waals surface area contributed by atoms with Gasteiger partial charge in [0.2, 0.25) is 5.91 Å². The third kappa shape index (κ3) is 4.23. The first-order valence-corrected chi connectivity index (χ1v) is 7.28. The second-order valence-corrected chi connectivity index (χ2v) is 5.70. The van der Waals surface area contributed by atoms with E-state index in [2.05, 4.69) is 5.10 Å². The van der Waals surface area contributed by atoms with E-state index in [1.807, 2.05) is 0 Å². The first-order chi connectivity index (χ1) is 10.7. The molecule has 1 fully saturated rings. The number of aliphatic carboxylic acids is 1. The average molecular weight is 333 g/mol. The predicted molar refractivity (Wildman–Crippen MR) is 73.5 cm³/mol. The molecule has 23 heavy (non-hydrogen) atoms. The molecule has 2 heterocycles. The summed E-state index contributed by atoms with van der Waals surface area (Å²) < 4.78 is 39.7. The Morgan fingerprint density at radius 2 is 2.04 bits per heavy atom. The summed E-state index contributed by atoms with van der Waals surface area (Å²) in [5.74, 6) is -1.84. The molecule has 1 N–H and O–H groups in total. The van der Waals surface area contributed by atoms with E-state index in [9.17, 15) is 22.8 Å². The molecule has 0 saturated carbocycles. The maximum absolute atomic E-state index is 12.9. The summed E-state index contributed by atoms with van der Waals surface area (Å²) in [6.45, 7) is 0.613. The Hall–Kier alpha value is -2.06. The molecule has 1 aromatic rings. The lowest BCUT2D eigenvalue weighted by Crippen LogP contribution is -2.33. The number of alkyl halides is 3. The number of carbonyl (C=O) groups excluding carboxylic acids is 1. The highest BCUT2D eigenvalue weighted by atomic mass is 19.4. The molecule has 9 heteroatoms. The van der Waals surface area contributed by atoms with Crippen LogP contribution >= 0.6 is 0 Å². The molecule has 0 aliphatic carbocycles. The fourth-order valence-corrected chi connectivity index (χ4v) is 2.77. The van der Waals surface area contributed by atoms with E-state index in [4.69, 9.17) is 5.11 Å². The minimum absolute atomic E-state index is 0.163. The zero-order valence-electron chi connectivity index (χ0n) is 12.6. The highest BCUT2D eigenvalue weighted by Gasteiger charge is 2.37. The lowest BCUT2D eigenvalue weighted by Gasteiger charge is -2.20. The molecule has 2 rings (SSSR count). The van der Waals surface area contributed by atoms with Crippen LogP contribution in [0.25, 0.3) is 0 Å². The van der Waals surface area contributed by atoms with Crippen molar-refractivity contribution in [3.63, 3.8) is 0 Å². The number of carboxylic acid groups (broad SMARTS) is 1. The molecule has 1 unspecified atom stereocenters. The van der Waals surface area contributed by atoms with Gasteiger partial charge in [-0.15, -0.1) is 0 Å². The Morgan fingerprint density at radius 3 is 2.65 bits per heavy atom. The number of carbonyl (C=O) groups is 2. The number of carboxylic acids is 1. The van der Waals surface area contributed by atoms with Crippen LogP contribution in [0.2, 0.25) is 0 Å². The molecule has 1 atom stereocenters. The predicted octanol–water partition coefficient (Wildman–Crippen LogP) is 1.69. The molecule has 1 amide bonds. The zero-order valence-corrected chi connectivity index (χ0v) is 12.6. The number of amides is 1. The van der Waals surface area contributed by atoms with Gasteiger partial charge in [-0.3, -0.25) is 14.3 Å². The first kappa shape index (κ1) is 17.3. The summed E-state index contributed by atoms with van der Waals surface area (Å²) in [7, 11) is 1.37. The van der Waals surface area contributed by atoms with Crippen LogP contribution in [0.3, 0.4) is 0 Å². The lowest BCUT2D eigenvalue weighted by atomic mass is 10.0. The second kappa shape index (κ2) is 6.59. The van der Waals surface area contributed by atoms with Gasteiger partial charge in [0.15, 0.2) is 5.69 Å². The van der Waals surface area contributed by atoms with Crippen LogP contribution in [0.15, 0.2) is 6.20 Å². The van der Waals surface area contributed by atoms with Crippen LogP contribution in [-0.4, -0.2) is 44.8 Å². The lowest BCUT2D eigenvalue weighted by molar-refractivity contribution is -0.143. The van der Waals surface area contributed by atoms with Gasteiger partial charge in [-0.25, -0.2) is 0 Å². The Labute approximate surface area is 130 Å². The van der Waals surface area contributed by atoms with Crippen molar-refractivity contribution in [3.05, 3.63) is 17.5 Å². The molecule has 1 aliphatic heterocycles. The number of likely N-dealkylation sites (tertiary alicyclic amines) is 1. The Bertz CT molecular complexity index is 598. The molecular formula is C14H18F3N3O3. The summed E-state index contributed by atoms with van der Waals surface area (Å²) in [6.07, 6.45) is -2.48. The van der Waals surface area contributed by atoms with E-state index < -0.39 is 29.7 Å². The Kier molecular flexibility index (Phi) is 4.96. The standard InChI is InChI=1S/C14H18F3N3O3/c1-19-8-10(12(18-19)14(15,16)17)7-11(21)20-5-2-3-9(4-6-20)13(22)23/h8-9H,2-7H2,1H3,(H,22,23). The van der Waals surface area contributed by atoms with Gasteiger partial charge >= 0.3 is 12.1 Å². The SMILES string of the molecule is Cn1cc(CC(=O)N2CCCC(C(=O)O)CC2)c(C(F)(F)F)n1. The van der Waals surface area contributed by atoms with Crippen molar-refractivity contribution in [1.29, 1.82) is 0 Å². The van der Waals surface area contributed by atoms with E-state index in [1.165, 1.54) is 18.1 Å². The fourth-order valence-electron chi connectivity index (χ4n) is 2.77. The molecule has 6 nitrogen and oxygen atoms in total. The van der Waals surface area contributed by atoms with Gasteiger partial charge in [0.05, 0.1) is 12.3 Å². The molecular weight excluding hydrogens is 315 g/mol. The van der Waals surface area contributed by atoms with Crippen LogP contribution in [0.4, 0.5) is 13.2 Å². The zero-order chi connectivity index (χ0) is 17.2. The maximum atomic E-state index is 12.9. The number of aryl methyl sites for hydroxylation is 1. The van der Waals surface area contributed by atoms with E-state index in [0.29, 0.717) is 25.8 Å². The first-order valence-electron chi connectivity index (χ1n) is 7.28. The molecule has 0 spiro atoms. The summed E-state index contributed by atoms with van der Waals surface area (Å²) in [5.41, 5.74) is -1.21. The molecule has 1 aromatic heterocycles. The summed E-state index contributed by atoms with van der Waals surface area (Å²) in [5, 5.41) is 12.4. The van der Waals surface area contributed by atoms with E-state index in [1.54, 1.807) is 0 Å². The fraction of sp³-hybridized carbons (Fsp3) is 0.643. The monoisotopic (exact) mass is 333 g/mol. The van der Waals surface area contributed by atoms with Crippen molar-refractivity contribution in [3.8, 4) is 0 Å². The van der Waals surface area contributed by atoms with Crippen LogP contribution in [-0.2, 0) is 29.2 Å². The molecule has 0 bridgehead atoms. The van der Waals surface area contributed by atoms with E-state index in [-0.39, 0.29) is 18.5 Å². The van der Waals surface area contributed by atoms with Crippen molar-refractivity contribution in [1.82, 2.24) is 14.7 Å². The molecule has 0 radical (unpaired) electrons. The minimum Gasteiger partial charge on any atom is -0.481 e. The maximum Gasteiger partial charge on any atom is 0.435 e. The van der Waals surface area contributed by atoms with Crippen LogP contribution < -0.4 is 0 Å². The number of hydrogen-bond donors (Lipinski definition) is 1. The number of aromatic nitrogens is 2. The van der Waals surface area contributed by atoms with Crippen molar-refractivity contribution >= 4 is 11.9 Å². The quantitative estimate of drug-likeness (QED) is 0.913. The summed E-state index contributed by atoms with van der Waals surface area (Å²) in [4.78, 5) is 24.7. The number of rotatable bonds is 3. The minimum atomic E-state index is -4.61. The summed E-state index contributed by atoms with van der Waals surface area (Å²) >= 11 is 0. The van der Waals surface area contributed by atoms with Gasteiger partial charge in [0.1, 0.15) is 0 Å². The van der Waals surface area contributed by atoms with Gasteiger partial charge in [-0.2, -0.15) is 18.3 Å². The third-order valence-electron chi connectivity index (χ3n) is 3.94. The Balaban J connectivity index is 2.06. The number of halogens is 3. The van der Waals surface area contributed by atoms with Gasteiger partial charge < -0.3 is 10.0 Å². The van der Waals surface area contributed by atoms with E-state index in [0.717, 1.165) is 4.68 Å². The molecule has 128 valence electrons. The van der Waals surface area contributed by atoms with Crippen LogP contribution in [0.1, 0.15) is 30.5 Å². The molecule has 1 aliphatic rings. The Morgan fingerprint density at radius 1 is 1.35 bits per heavy atom. The highest BCUT2D eigenvalue weighted by molar-refractivity contribution is 5.79. The van der Waals surface area contributed by atoms with Crippen LogP contribution in [0, 0.1) is 5.92 Å². The number of nitrogens with zero attached hydrogens (tertiary/aromatic N) is 3. The third-order valence-corrected chi connectivity index (χ3v) is 3.94. The smallest absolute Gasteiger partial charge is 0.435 e. The highest BCUT2D eigenvalue weighted by Crippen LogP contribution is 2.31. The van der Waals surface area contributed by atoms with Crippen molar-refractivity contribution in [2.75, 3.05) is 13.1 Å². The average Bonchev–Trinajstić information content (AvgIpc) is 2.67. The summed E-state index contributed by atoms with van der Waals surface area (Å²) in [6, 6.07) is 0. The van der Waals surface area contributed by atoms with Crippen molar-refractivity contribution in [2.45, 2.75) is 31.9 Å². The number of hydrogen-bond acceptors (Lipinski definition) is 3. The van der Waals surface area contributed by atoms with Crippen molar-refractivity contribution < 1.29 is 27.9 Å². The van der Waals surface area contributed by atoms with Gasteiger partial charge in [-0.1, -0.05) is 0 Å². The second-order valence-electron chi connectivity index (χ2n) is 5.70. The van der Waals surface area contributed by atoms with Gasteiger partial charge in [-0.05, 0) is 19.3 Å². The molecule has 0 aromatic carbocycles. The normalized spacial score (nSPS) is 19.5. The topological polar surface area (TPSA) is 75.4 Å².